The van der Waals surface area contributed by atoms with Crippen LogP contribution in [0.2, 0.25) is 0 Å². The Morgan fingerprint density at radius 1 is 0.903 bits per heavy atom. The normalized spacial score (nSPS) is 11.8. The lowest BCUT2D eigenvalue weighted by atomic mass is 10.1. The van der Waals surface area contributed by atoms with Crippen LogP contribution in [-0.4, -0.2) is 21.4 Å². The van der Waals surface area contributed by atoms with Crippen molar-refractivity contribution in [2.24, 2.45) is 0 Å². The summed E-state index contributed by atoms with van der Waals surface area (Å²) >= 11 is 0. The van der Waals surface area contributed by atoms with E-state index in [1.807, 2.05) is 6.92 Å². The second-order valence-corrected chi connectivity index (χ2v) is 8.77. The van der Waals surface area contributed by atoms with Crippen molar-refractivity contribution < 1.29 is 26.4 Å². The highest BCUT2D eigenvalue weighted by molar-refractivity contribution is 7.92. The topological polar surface area (TPSA) is 66.5 Å². The highest BCUT2D eigenvalue weighted by Crippen LogP contribution is 2.35. The Balaban J connectivity index is 1.97. The quantitative estimate of drug-likeness (QED) is 0.591. The number of sulfonamides is 1. The third kappa shape index (κ3) is 4.72. The van der Waals surface area contributed by atoms with Crippen molar-refractivity contribution in [3.63, 3.8) is 0 Å². The lowest BCUT2D eigenvalue weighted by Crippen LogP contribution is -2.29. The maximum absolute atomic E-state index is 13.2. The number of hydrogen-bond donors (Lipinski definition) is 1. The molecule has 0 aliphatic rings. The van der Waals surface area contributed by atoms with E-state index in [-0.39, 0.29) is 16.1 Å². The molecule has 0 aliphatic carbocycles. The van der Waals surface area contributed by atoms with Crippen LogP contribution in [0.1, 0.15) is 21.5 Å². The molecule has 3 aromatic carbocycles. The number of hydrogen-bond acceptors (Lipinski definition) is 3. The van der Waals surface area contributed by atoms with E-state index in [0.29, 0.717) is 0 Å². The molecule has 0 unspecified atom stereocenters. The summed E-state index contributed by atoms with van der Waals surface area (Å²) < 4.78 is 66.7. The molecule has 1 amide bonds. The summed E-state index contributed by atoms with van der Waals surface area (Å²) in [6, 6.07) is 16.6. The average Bonchev–Trinajstić information content (AvgIpc) is 2.73. The molecule has 1 N–H and O–H groups in total. The zero-order chi connectivity index (χ0) is 22.8. The Morgan fingerprint density at radius 2 is 1.48 bits per heavy atom. The number of para-hydroxylation sites is 2. The monoisotopic (exact) mass is 448 g/mol. The van der Waals surface area contributed by atoms with Gasteiger partial charge in [0.15, 0.2) is 0 Å². The number of aryl methyl sites for hydroxylation is 1. The van der Waals surface area contributed by atoms with Crippen LogP contribution in [0.5, 0.6) is 0 Å². The maximum atomic E-state index is 13.2. The van der Waals surface area contributed by atoms with E-state index in [4.69, 9.17) is 0 Å². The van der Waals surface area contributed by atoms with Crippen molar-refractivity contribution in [2.45, 2.75) is 18.0 Å². The van der Waals surface area contributed by atoms with Crippen LogP contribution >= 0.6 is 0 Å². The molecule has 9 heteroatoms. The van der Waals surface area contributed by atoms with E-state index in [1.54, 1.807) is 12.1 Å². The van der Waals surface area contributed by atoms with Crippen LogP contribution in [0.4, 0.5) is 24.5 Å². The summed E-state index contributed by atoms with van der Waals surface area (Å²) in [5.41, 5.74) is -0.590. The molecule has 0 saturated carbocycles. The van der Waals surface area contributed by atoms with Crippen LogP contribution < -0.4 is 9.62 Å². The standard InChI is InChI=1S/C22H19F3N2O3S/c1-15-11-13-16(14-12-15)31(29,30)27(2)20-10-6-3-7-17(20)21(28)26-19-9-5-4-8-18(19)22(23,24)25/h3-14H,1-2H3,(H,26,28). The van der Waals surface area contributed by atoms with Crippen molar-refractivity contribution in [1.29, 1.82) is 0 Å². The number of benzene rings is 3. The smallest absolute Gasteiger partial charge is 0.321 e. The number of carbonyl (C=O) groups excluding carboxylic acids is 1. The SMILES string of the molecule is Cc1ccc(S(=O)(=O)N(C)c2ccccc2C(=O)Nc2ccccc2C(F)(F)F)cc1. The Morgan fingerprint density at radius 3 is 2.13 bits per heavy atom. The Bertz CT molecular complexity index is 1210. The van der Waals surface area contributed by atoms with Gasteiger partial charge in [-0.15, -0.1) is 0 Å². The Hall–Kier alpha value is -3.33. The first-order chi connectivity index (χ1) is 14.5. The van der Waals surface area contributed by atoms with E-state index in [1.165, 1.54) is 55.6 Å². The second kappa shape index (κ2) is 8.43. The molecule has 0 saturated heterocycles. The van der Waals surface area contributed by atoms with Crippen LogP contribution in [0.15, 0.2) is 77.7 Å². The van der Waals surface area contributed by atoms with Gasteiger partial charge in [0.2, 0.25) is 0 Å². The third-order valence-electron chi connectivity index (χ3n) is 4.65. The van der Waals surface area contributed by atoms with Crippen LogP contribution in [-0.2, 0) is 16.2 Å². The lowest BCUT2D eigenvalue weighted by molar-refractivity contribution is -0.136. The molecular weight excluding hydrogens is 429 g/mol. The number of nitrogens with zero attached hydrogens (tertiary/aromatic N) is 1. The molecule has 0 radical (unpaired) electrons. The van der Waals surface area contributed by atoms with Gasteiger partial charge in [-0.25, -0.2) is 8.42 Å². The fourth-order valence-electron chi connectivity index (χ4n) is 2.97. The van der Waals surface area contributed by atoms with Gasteiger partial charge in [0, 0.05) is 7.05 Å². The maximum Gasteiger partial charge on any atom is 0.418 e. The van der Waals surface area contributed by atoms with Crippen molar-refractivity contribution >= 4 is 27.3 Å². The molecule has 0 bridgehead atoms. The zero-order valence-electron chi connectivity index (χ0n) is 16.6. The molecule has 0 atom stereocenters. The molecule has 0 aliphatic heterocycles. The molecule has 0 aromatic heterocycles. The summed E-state index contributed by atoms with van der Waals surface area (Å²) in [5, 5.41) is 2.25. The van der Waals surface area contributed by atoms with Gasteiger partial charge >= 0.3 is 6.18 Å². The number of carbonyl (C=O) groups is 1. The van der Waals surface area contributed by atoms with Crippen molar-refractivity contribution in [3.05, 3.63) is 89.5 Å². The van der Waals surface area contributed by atoms with E-state index in [9.17, 15) is 26.4 Å². The first-order valence-corrected chi connectivity index (χ1v) is 10.6. The average molecular weight is 448 g/mol. The predicted octanol–water partition coefficient (Wildman–Crippen LogP) is 5.09. The minimum atomic E-state index is -4.66. The Kier molecular flexibility index (Phi) is 6.08. The predicted molar refractivity (Wildman–Crippen MR) is 113 cm³/mol. The highest BCUT2D eigenvalue weighted by Gasteiger charge is 2.34. The number of nitrogens with one attached hydrogen (secondary N) is 1. The van der Waals surface area contributed by atoms with Crippen LogP contribution in [0.3, 0.4) is 0 Å². The Labute approximate surface area is 178 Å². The number of alkyl halides is 3. The summed E-state index contributed by atoms with van der Waals surface area (Å²) in [5.74, 6) is -0.863. The molecule has 162 valence electrons. The van der Waals surface area contributed by atoms with Crippen LogP contribution in [0, 0.1) is 6.92 Å². The van der Waals surface area contributed by atoms with Gasteiger partial charge in [0.1, 0.15) is 0 Å². The van der Waals surface area contributed by atoms with Crippen molar-refractivity contribution in [2.75, 3.05) is 16.7 Å². The number of halogens is 3. The van der Waals surface area contributed by atoms with Gasteiger partial charge in [0.05, 0.1) is 27.4 Å². The molecule has 5 nitrogen and oxygen atoms in total. The summed E-state index contributed by atoms with van der Waals surface area (Å²) in [6.45, 7) is 1.82. The summed E-state index contributed by atoms with van der Waals surface area (Å²) in [6.07, 6.45) is -4.66. The molecule has 31 heavy (non-hydrogen) atoms. The lowest BCUT2D eigenvalue weighted by Gasteiger charge is -2.22. The van der Waals surface area contributed by atoms with Crippen molar-refractivity contribution in [3.8, 4) is 0 Å². The summed E-state index contributed by atoms with van der Waals surface area (Å²) in [7, 11) is -2.71. The molecule has 0 spiro atoms. The fourth-order valence-corrected chi connectivity index (χ4v) is 4.18. The highest BCUT2D eigenvalue weighted by atomic mass is 32.2. The van der Waals surface area contributed by atoms with Gasteiger partial charge < -0.3 is 5.32 Å². The summed E-state index contributed by atoms with van der Waals surface area (Å²) in [4.78, 5) is 12.9. The second-order valence-electron chi connectivity index (χ2n) is 6.80. The van der Waals surface area contributed by atoms with Gasteiger partial charge in [-0.3, -0.25) is 9.10 Å². The minimum Gasteiger partial charge on any atom is -0.321 e. The molecule has 0 fully saturated rings. The minimum absolute atomic E-state index is 0.0261. The molecule has 0 heterocycles. The zero-order valence-corrected chi connectivity index (χ0v) is 17.5. The van der Waals surface area contributed by atoms with Gasteiger partial charge in [0.25, 0.3) is 15.9 Å². The van der Waals surface area contributed by atoms with Crippen molar-refractivity contribution in [1.82, 2.24) is 0 Å². The number of amides is 1. The van der Waals surface area contributed by atoms with Gasteiger partial charge in [-0.2, -0.15) is 13.2 Å². The molecular formula is C22H19F3N2O3S. The largest absolute Gasteiger partial charge is 0.418 e. The van der Waals surface area contributed by atoms with Gasteiger partial charge in [-0.1, -0.05) is 42.0 Å². The first-order valence-electron chi connectivity index (χ1n) is 9.14. The molecule has 3 rings (SSSR count). The number of anilines is 2. The third-order valence-corrected chi connectivity index (χ3v) is 6.43. The molecule has 3 aromatic rings. The van der Waals surface area contributed by atoms with Crippen LogP contribution in [0.25, 0.3) is 0 Å². The van der Waals surface area contributed by atoms with E-state index < -0.39 is 33.4 Å². The number of rotatable bonds is 5. The fraction of sp³-hybridized carbons (Fsp3) is 0.136. The van der Waals surface area contributed by atoms with E-state index in [0.717, 1.165) is 22.0 Å². The van der Waals surface area contributed by atoms with E-state index >= 15 is 0 Å². The van der Waals surface area contributed by atoms with E-state index in [2.05, 4.69) is 5.32 Å². The first kappa shape index (κ1) is 22.4. The van der Waals surface area contributed by atoms with Gasteiger partial charge in [-0.05, 0) is 43.3 Å².